The van der Waals surface area contributed by atoms with Crippen LogP contribution in [0.2, 0.25) is 0 Å². The molecule has 188 valence electrons. The van der Waals surface area contributed by atoms with Crippen molar-refractivity contribution in [2.75, 3.05) is 18.5 Å². The average molecular weight is 501 g/mol. The number of nitrogens with one attached hydrogen (secondary N) is 2. The van der Waals surface area contributed by atoms with Gasteiger partial charge in [-0.25, -0.2) is 13.1 Å². The van der Waals surface area contributed by atoms with Gasteiger partial charge in [0.25, 0.3) is 5.91 Å². The smallest absolute Gasteiger partial charge is 0.316 e. The van der Waals surface area contributed by atoms with Gasteiger partial charge in [-0.1, -0.05) is 31.4 Å². The van der Waals surface area contributed by atoms with Crippen molar-refractivity contribution in [3.63, 3.8) is 0 Å². The number of carbonyl (C=O) groups is 2. The molecule has 0 heterocycles. The Kier molecular flexibility index (Phi) is 7.76. The van der Waals surface area contributed by atoms with Crippen LogP contribution in [0.5, 0.6) is 5.75 Å². The second-order valence-corrected chi connectivity index (χ2v) is 10.9. The van der Waals surface area contributed by atoms with E-state index in [9.17, 15) is 18.0 Å². The zero-order valence-electron chi connectivity index (χ0n) is 19.9. The van der Waals surface area contributed by atoms with E-state index in [0.717, 1.165) is 50.5 Å². The van der Waals surface area contributed by atoms with Gasteiger partial charge < -0.3 is 14.8 Å². The minimum Gasteiger partial charge on any atom is -0.484 e. The minimum absolute atomic E-state index is 0.0117. The predicted octanol–water partition coefficient (Wildman–Crippen LogP) is 3.91. The van der Waals surface area contributed by atoms with Gasteiger partial charge in [0, 0.05) is 11.7 Å². The number of amides is 1. The molecule has 2 N–H and O–H groups in total. The molecule has 2 aliphatic carbocycles. The summed E-state index contributed by atoms with van der Waals surface area (Å²) >= 11 is 0. The molecule has 2 saturated carbocycles. The number of hydrogen-bond acceptors (Lipinski definition) is 6. The van der Waals surface area contributed by atoms with Crippen molar-refractivity contribution in [2.45, 2.75) is 68.2 Å². The van der Waals surface area contributed by atoms with E-state index in [1.54, 1.807) is 31.2 Å². The molecular formula is C26H32N2O6S. The average Bonchev–Trinajstić information content (AvgIpc) is 3.66. The SMILES string of the molecule is CCOC(=O)C1(c2ccc(NC(=O)COc3ccc(S(=O)(=O)NC4CCCCC4)cc3)cc2)CC1. The summed E-state index contributed by atoms with van der Waals surface area (Å²) in [5, 5.41) is 2.76. The molecule has 2 aromatic rings. The van der Waals surface area contributed by atoms with Crippen LogP contribution in [-0.2, 0) is 29.8 Å². The van der Waals surface area contributed by atoms with Crippen LogP contribution in [0.15, 0.2) is 53.4 Å². The summed E-state index contributed by atoms with van der Waals surface area (Å²) < 4.78 is 38.7. The van der Waals surface area contributed by atoms with Crippen LogP contribution in [0.1, 0.15) is 57.4 Å². The lowest BCUT2D eigenvalue weighted by molar-refractivity contribution is -0.146. The van der Waals surface area contributed by atoms with Gasteiger partial charge in [-0.3, -0.25) is 9.59 Å². The molecule has 2 fully saturated rings. The number of carbonyl (C=O) groups excluding carboxylic acids is 2. The van der Waals surface area contributed by atoms with E-state index in [1.165, 1.54) is 12.1 Å². The monoisotopic (exact) mass is 500 g/mol. The summed E-state index contributed by atoms with van der Waals surface area (Å²) in [4.78, 5) is 24.7. The lowest BCUT2D eigenvalue weighted by Crippen LogP contribution is -2.36. The summed E-state index contributed by atoms with van der Waals surface area (Å²) in [7, 11) is -3.58. The predicted molar refractivity (Wildman–Crippen MR) is 132 cm³/mol. The maximum atomic E-state index is 12.6. The van der Waals surface area contributed by atoms with Crippen molar-refractivity contribution in [2.24, 2.45) is 0 Å². The fraction of sp³-hybridized carbons (Fsp3) is 0.462. The van der Waals surface area contributed by atoms with Gasteiger partial charge in [-0.05, 0) is 74.6 Å². The number of esters is 1. The molecule has 8 nitrogen and oxygen atoms in total. The van der Waals surface area contributed by atoms with Gasteiger partial charge in [0.2, 0.25) is 10.0 Å². The Hall–Kier alpha value is -2.91. The van der Waals surface area contributed by atoms with E-state index in [1.807, 2.05) is 12.1 Å². The van der Waals surface area contributed by atoms with Crippen molar-refractivity contribution >= 4 is 27.6 Å². The third-order valence-electron chi connectivity index (χ3n) is 6.57. The van der Waals surface area contributed by atoms with E-state index in [4.69, 9.17) is 9.47 Å². The normalized spacial score (nSPS) is 17.4. The standard InChI is InChI=1S/C26H32N2O6S/c1-2-33-25(30)26(16-17-26)19-8-10-20(11-9-19)27-24(29)18-34-22-12-14-23(15-13-22)35(31,32)28-21-6-4-3-5-7-21/h8-15,21,28H,2-7,16-18H2,1H3,(H,27,29). The van der Waals surface area contributed by atoms with E-state index in [0.29, 0.717) is 18.0 Å². The first-order valence-electron chi connectivity index (χ1n) is 12.2. The van der Waals surface area contributed by atoms with E-state index < -0.39 is 15.4 Å². The summed E-state index contributed by atoms with van der Waals surface area (Å²) in [6.07, 6.45) is 6.50. The second-order valence-electron chi connectivity index (χ2n) is 9.14. The number of benzene rings is 2. The second kappa shape index (κ2) is 10.8. The lowest BCUT2D eigenvalue weighted by Gasteiger charge is -2.22. The summed E-state index contributed by atoms with van der Waals surface area (Å²) in [6.45, 7) is 1.92. The number of anilines is 1. The van der Waals surface area contributed by atoms with Crippen LogP contribution in [0.25, 0.3) is 0 Å². The topological polar surface area (TPSA) is 111 Å². The fourth-order valence-electron chi connectivity index (χ4n) is 4.45. The first kappa shape index (κ1) is 25.2. The fourth-order valence-corrected chi connectivity index (χ4v) is 5.75. The minimum atomic E-state index is -3.58. The summed E-state index contributed by atoms with van der Waals surface area (Å²) in [5.41, 5.74) is 0.934. The van der Waals surface area contributed by atoms with E-state index in [-0.39, 0.29) is 29.4 Å². The molecule has 4 rings (SSSR count). The summed E-state index contributed by atoms with van der Waals surface area (Å²) in [6, 6.07) is 13.2. The van der Waals surface area contributed by atoms with Gasteiger partial charge in [0.1, 0.15) is 5.75 Å². The Labute approximate surface area is 206 Å². The molecule has 0 saturated heterocycles. The zero-order chi connectivity index (χ0) is 24.9. The highest BCUT2D eigenvalue weighted by Crippen LogP contribution is 2.49. The van der Waals surface area contributed by atoms with Crippen molar-refractivity contribution in [3.8, 4) is 5.75 Å². The number of ether oxygens (including phenoxy) is 2. The Morgan fingerprint density at radius 1 is 0.971 bits per heavy atom. The molecule has 0 aliphatic heterocycles. The molecule has 9 heteroatoms. The third kappa shape index (κ3) is 6.21. The lowest BCUT2D eigenvalue weighted by atomic mass is 9.96. The van der Waals surface area contributed by atoms with Crippen LogP contribution in [0, 0.1) is 0 Å². The first-order chi connectivity index (χ1) is 16.8. The molecule has 0 spiro atoms. The summed E-state index contributed by atoms with van der Waals surface area (Å²) in [5.74, 6) is -0.147. The molecule has 0 unspecified atom stereocenters. The van der Waals surface area contributed by atoms with E-state index in [2.05, 4.69) is 10.0 Å². The highest BCUT2D eigenvalue weighted by atomic mass is 32.2. The first-order valence-corrected chi connectivity index (χ1v) is 13.6. The highest BCUT2D eigenvalue weighted by Gasteiger charge is 2.52. The molecule has 0 atom stereocenters. The van der Waals surface area contributed by atoms with Gasteiger partial charge in [0.15, 0.2) is 6.61 Å². The number of hydrogen-bond donors (Lipinski definition) is 2. The van der Waals surface area contributed by atoms with Crippen molar-refractivity contribution < 1.29 is 27.5 Å². The van der Waals surface area contributed by atoms with Crippen LogP contribution in [0.4, 0.5) is 5.69 Å². The molecule has 35 heavy (non-hydrogen) atoms. The maximum absolute atomic E-state index is 12.6. The third-order valence-corrected chi connectivity index (χ3v) is 8.10. The van der Waals surface area contributed by atoms with Crippen molar-refractivity contribution in [3.05, 3.63) is 54.1 Å². The molecular weight excluding hydrogens is 468 g/mol. The quantitative estimate of drug-likeness (QED) is 0.479. The van der Waals surface area contributed by atoms with Crippen LogP contribution >= 0.6 is 0 Å². The Morgan fingerprint density at radius 3 is 2.23 bits per heavy atom. The Bertz CT molecular complexity index is 1140. The molecule has 2 aromatic carbocycles. The number of rotatable bonds is 10. The molecule has 2 aliphatic rings. The van der Waals surface area contributed by atoms with E-state index >= 15 is 0 Å². The van der Waals surface area contributed by atoms with Gasteiger partial charge >= 0.3 is 5.97 Å². The van der Waals surface area contributed by atoms with Gasteiger partial charge in [-0.2, -0.15) is 0 Å². The van der Waals surface area contributed by atoms with Crippen molar-refractivity contribution in [1.29, 1.82) is 0 Å². The van der Waals surface area contributed by atoms with Crippen molar-refractivity contribution in [1.82, 2.24) is 4.72 Å². The van der Waals surface area contributed by atoms with Crippen LogP contribution in [-0.4, -0.2) is 39.5 Å². The highest BCUT2D eigenvalue weighted by molar-refractivity contribution is 7.89. The van der Waals surface area contributed by atoms with Gasteiger partial charge in [-0.15, -0.1) is 0 Å². The molecule has 0 aromatic heterocycles. The number of sulfonamides is 1. The molecule has 1 amide bonds. The molecule has 0 bridgehead atoms. The Balaban J connectivity index is 1.27. The Morgan fingerprint density at radius 2 is 1.63 bits per heavy atom. The van der Waals surface area contributed by atoms with Crippen LogP contribution in [0.3, 0.4) is 0 Å². The zero-order valence-corrected chi connectivity index (χ0v) is 20.7. The maximum Gasteiger partial charge on any atom is 0.316 e. The van der Waals surface area contributed by atoms with Crippen LogP contribution < -0.4 is 14.8 Å². The largest absolute Gasteiger partial charge is 0.484 e. The van der Waals surface area contributed by atoms with Gasteiger partial charge in [0.05, 0.1) is 16.9 Å². The molecule has 0 radical (unpaired) electrons.